The topological polar surface area (TPSA) is 44.5 Å². The Balaban J connectivity index is 2.31. The maximum atomic E-state index is 6.05. The van der Waals surface area contributed by atoms with Gasteiger partial charge in [0, 0.05) is 11.1 Å². The molecule has 20 heavy (non-hydrogen) atoms. The molecule has 0 saturated carbocycles. The first-order valence-electron chi connectivity index (χ1n) is 6.42. The predicted molar refractivity (Wildman–Crippen MR) is 81.5 cm³/mol. The summed E-state index contributed by atoms with van der Waals surface area (Å²) in [7, 11) is 1.61. The molecule has 0 fully saturated rings. The molecule has 0 amide bonds. The smallest absolute Gasteiger partial charge is 0.162 e. The molecule has 106 valence electrons. The molecule has 0 heterocycles. The molecule has 0 aliphatic heterocycles. The van der Waals surface area contributed by atoms with Gasteiger partial charge in [0.2, 0.25) is 0 Å². The summed E-state index contributed by atoms with van der Waals surface area (Å²) in [6.07, 6.45) is -0.287. The van der Waals surface area contributed by atoms with E-state index in [4.69, 9.17) is 26.8 Å². The van der Waals surface area contributed by atoms with Gasteiger partial charge >= 0.3 is 0 Å². The van der Waals surface area contributed by atoms with Crippen molar-refractivity contribution in [2.45, 2.75) is 19.1 Å². The van der Waals surface area contributed by atoms with Crippen molar-refractivity contribution in [1.82, 2.24) is 0 Å². The van der Waals surface area contributed by atoms with E-state index in [9.17, 15) is 0 Å². The van der Waals surface area contributed by atoms with E-state index in [-0.39, 0.29) is 12.1 Å². The van der Waals surface area contributed by atoms with Crippen LogP contribution in [0.2, 0.25) is 5.02 Å². The Morgan fingerprint density at radius 2 is 1.75 bits per heavy atom. The van der Waals surface area contributed by atoms with Crippen molar-refractivity contribution in [3.05, 3.63) is 59.1 Å². The summed E-state index contributed by atoms with van der Waals surface area (Å²) < 4.78 is 11.3. The molecule has 0 aliphatic carbocycles. The molecule has 0 aliphatic rings. The summed E-state index contributed by atoms with van der Waals surface area (Å²) in [5.74, 6) is 1.34. The van der Waals surface area contributed by atoms with Crippen LogP contribution in [0, 0.1) is 0 Å². The molecule has 2 unspecified atom stereocenters. The molecule has 2 rings (SSSR count). The van der Waals surface area contributed by atoms with E-state index in [0.717, 1.165) is 5.56 Å². The molecule has 0 saturated heterocycles. The monoisotopic (exact) mass is 291 g/mol. The van der Waals surface area contributed by atoms with Gasteiger partial charge in [0.05, 0.1) is 7.11 Å². The first-order valence-corrected chi connectivity index (χ1v) is 6.80. The van der Waals surface area contributed by atoms with Crippen molar-refractivity contribution >= 4 is 11.6 Å². The van der Waals surface area contributed by atoms with Crippen LogP contribution >= 0.6 is 11.6 Å². The quantitative estimate of drug-likeness (QED) is 0.911. The van der Waals surface area contributed by atoms with Crippen molar-refractivity contribution in [2.24, 2.45) is 5.73 Å². The van der Waals surface area contributed by atoms with Crippen LogP contribution in [0.3, 0.4) is 0 Å². The highest BCUT2D eigenvalue weighted by Gasteiger charge is 2.20. The Morgan fingerprint density at radius 3 is 2.35 bits per heavy atom. The molecule has 0 radical (unpaired) electrons. The number of methoxy groups -OCH3 is 1. The number of rotatable bonds is 5. The fourth-order valence-corrected chi connectivity index (χ4v) is 2.21. The summed E-state index contributed by atoms with van der Waals surface area (Å²) in [5.41, 5.74) is 6.99. The number of para-hydroxylation sites is 2. The van der Waals surface area contributed by atoms with Crippen molar-refractivity contribution < 1.29 is 9.47 Å². The van der Waals surface area contributed by atoms with Crippen LogP contribution in [0.4, 0.5) is 0 Å². The van der Waals surface area contributed by atoms with E-state index in [1.165, 1.54) is 0 Å². The highest BCUT2D eigenvalue weighted by Crippen LogP contribution is 2.32. The molecule has 0 bridgehead atoms. The van der Waals surface area contributed by atoms with Gasteiger partial charge in [-0.1, -0.05) is 35.9 Å². The van der Waals surface area contributed by atoms with E-state index < -0.39 is 0 Å². The van der Waals surface area contributed by atoms with Crippen LogP contribution in [0.25, 0.3) is 0 Å². The van der Waals surface area contributed by atoms with Crippen LogP contribution in [-0.2, 0) is 0 Å². The van der Waals surface area contributed by atoms with Crippen molar-refractivity contribution in [1.29, 1.82) is 0 Å². The molecule has 0 aromatic heterocycles. The van der Waals surface area contributed by atoms with Gasteiger partial charge in [-0.2, -0.15) is 0 Å². The third-order valence-corrected chi connectivity index (χ3v) is 3.21. The Hall–Kier alpha value is -1.71. The highest BCUT2D eigenvalue weighted by molar-refractivity contribution is 6.30. The first kappa shape index (κ1) is 14.7. The average Bonchev–Trinajstić information content (AvgIpc) is 2.44. The zero-order chi connectivity index (χ0) is 14.5. The van der Waals surface area contributed by atoms with Crippen LogP contribution in [0.1, 0.15) is 18.6 Å². The van der Waals surface area contributed by atoms with Gasteiger partial charge in [-0.25, -0.2) is 0 Å². The predicted octanol–water partition coefficient (Wildman–Crippen LogP) is 3.82. The standard InChI is InChI=1S/C16H18ClNO2/c1-11(18)16(12-6-5-7-13(17)10-12)20-15-9-4-3-8-14(15)19-2/h3-11,16H,18H2,1-2H3. The summed E-state index contributed by atoms with van der Waals surface area (Å²) in [6, 6.07) is 14.9. The molecule has 0 spiro atoms. The summed E-state index contributed by atoms with van der Waals surface area (Å²) in [6.45, 7) is 1.90. The van der Waals surface area contributed by atoms with Crippen LogP contribution < -0.4 is 15.2 Å². The lowest BCUT2D eigenvalue weighted by Crippen LogP contribution is -2.29. The van der Waals surface area contributed by atoms with Gasteiger partial charge in [-0.3, -0.25) is 0 Å². The number of halogens is 1. The summed E-state index contributed by atoms with van der Waals surface area (Å²) in [5, 5.41) is 0.664. The van der Waals surface area contributed by atoms with Crippen molar-refractivity contribution in [3.63, 3.8) is 0 Å². The normalized spacial score (nSPS) is 13.6. The molecule has 2 atom stereocenters. The van der Waals surface area contributed by atoms with E-state index in [0.29, 0.717) is 16.5 Å². The van der Waals surface area contributed by atoms with E-state index >= 15 is 0 Å². The minimum absolute atomic E-state index is 0.182. The number of benzene rings is 2. The van der Waals surface area contributed by atoms with E-state index in [1.807, 2.05) is 55.5 Å². The van der Waals surface area contributed by atoms with Crippen LogP contribution in [0.5, 0.6) is 11.5 Å². The maximum absolute atomic E-state index is 6.05. The Bertz CT molecular complexity index is 572. The third-order valence-electron chi connectivity index (χ3n) is 2.98. The molecule has 2 aromatic rings. The van der Waals surface area contributed by atoms with Crippen LogP contribution in [0.15, 0.2) is 48.5 Å². The minimum Gasteiger partial charge on any atom is -0.493 e. The first-order chi connectivity index (χ1) is 9.61. The fraction of sp³-hybridized carbons (Fsp3) is 0.250. The summed E-state index contributed by atoms with van der Waals surface area (Å²) in [4.78, 5) is 0. The molecular weight excluding hydrogens is 274 g/mol. The lowest BCUT2D eigenvalue weighted by molar-refractivity contribution is 0.173. The highest BCUT2D eigenvalue weighted by atomic mass is 35.5. The van der Waals surface area contributed by atoms with Gasteiger partial charge in [-0.05, 0) is 36.8 Å². The second-order valence-electron chi connectivity index (χ2n) is 4.60. The lowest BCUT2D eigenvalue weighted by Gasteiger charge is -2.24. The zero-order valence-electron chi connectivity index (χ0n) is 11.5. The zero-order valence-corrected chi connectivity index (χ0v) is 12.3. The SMILES string of the molecule is COc1ccccc1OC(c1cccc(Cl)c1)C(C)N. The number of ether oxygens (including phenoxy) is 2. The molecular formula is C16H18ClNO2. The van der Waals surface area contributed by atoms with Gasteiger partial charge in [-0.15, -0.1) is 0 Å². The fourth-order valence-electron chi connectivity index (χ4n) is 2.02. The van der Waals surface area contributed by atoms with Gasteiger partial charge in [0.15, 0.2) is 11.5 Å². The summed E-state index contributed by atoms with van der Waals surface area (Å²) >= 11 is 6.03. The van der Waals surface area contributed by atoms with Crippen molar-refractivity contribution in [2.75, 3.05) is 7.11 Å². The number of hydrogen-bond donors (Lipinski definition) is 1. The molecule has 2 aromatic carbocycles. The Kier molecular flexibility index (Phi) is 4.88. The molecule has 4 heteroatoms. The average molecular weight is 292 g/mol. The van der Waals surface area contributed by atoms with Gasteiger partial charge in [0.25, 0.3) is 0 Å². The second-order valence-corrected chi connectivity index (χ2v) is 5.04. The van der Waals surface area contributed by atoms with Crippen molar-refractivity contribution in [3.8, 4) is 11.5 Å². The largest absolute Gasteiger partial charge is 0.493 e. The number of nitrogens with two attached hydrogens (primary N) is 1. The lowest BCUT2D eigenvalue weighted by atomic mass is 10.0. The van der Waals surface area contributed by atoms with Gasteiger partial charge < -0.3 is 15.2 Å². The minimum atomic E-state index is -0.287. The number of hydrogen-bond acceptors (Lipinski definition) is 3. The second kappa shape index (κ2) is 6.64. The molecule has 2 N–H and O–H groups in total. The van der Waals surface area contributed by atoms with Gasteiger partial charge in [0.1, 0.15) is 6.10 Å². The molecule has 3 nitrogen and oxygen atoms in total. The Labute approximate surface area is 124 Å². The van der Waals surface area contributed by atoms with Crippen LogP contribution in [-0.4, -0.2) is 13.2 Å². The van der Waals surface area contributed by atoms with E-state index in [1.54, 1.807) is 7.11 Å². The maximum Gasteiger partial charge on any atom is 0.162 e. The van der Waals surface area contributed by atoms with E-state index in [2.05, 4.69) is 0 Å². The third kappa shape index (κ3) is 3.44. The Morgan fingerprint density at radius 1 is 1.05 bits per heavy atom.